The van der Waals surface area contributed by atoms with Crippen LogP contribution in [0.3, 0.4) is 0 Å². The molecule has 0 aliphatic rings. The zero-order chi connectivity index (χ0) is 17.2. The Labute approximate surface area is 142 Å². The minimum Gasteiger partial charge on any atom is -0.460 e. The van der Waals surface area contributed by atoms with Crippen molar-refractivity contribution in [3.8, 4) is 0 Å². The Bertz CT molecular complexity index is 317. The van der Waals surface area contributed by atoms with E-state index in [1.165, 1.54) is 32.1 Å². The number of rotatable bonds is 15. The number of carbonyl (C=O) groups excluding carboxylic acids is 1. The Kier molecular flexibility index (Phi) is 16.4. The summed E-state index contributed by atoms with van der Waals surface area (Å²) in [5.74, 6) is -0.176. The third kappa shape index (κ3) is 15.6. The topological polar surface area (TPSA) is 46.5 Å². The number of aliphatic hydroxyl groups is 1. The van der Waals surface area contributed by atoms with Crippen molar-refractivity contribution in [3.63, 3.8) is 0 Å². The first-order chi connectivity index (χ1) is 11.2. The predicted molar refractivity (Wildman–Crippen MR) is 97.4 cm³/mol. The summed E-state index contributed by atoms with van der Waals surface area (Å²) < 4.78 is 5.15. The van der Waals surface area contributed by atoms with Gasteiger partial charge in [0.2, 0.25) is 0 Å². The molecule has 0 rings (SSSR count). The van der Waals surface area contributed by atoms with Crippen molar-refractivity contribution >= 4 is 5.97 Å². The van der Waals surface area contributed by atoms with Gasteiger partial charge in [0.15, 0.2) is 0 Å². The first-order valence-electron chi connectivity index (χ1n) is 9.34. The summed E-state index contributed by atoms with van der Waals surface area (Å²) in [6.07, 6.45) is 20.0. The maximum atomic E-state index is 11.5. The van der Waals surface area contributed by atoms with E-state index in [-0.39, 0.29) is 18.7 Å². The van der Waals surface area contributed by atoms with Gasteiger partial charge in [-0.15, -0.1) is 0 Å². The van der Waals surface area contributed by atoms with Gasteiger partial charge in [-0.25, -0.2) is 0 Å². The zero-order valence-corrected chi connectivity index (χ0v) is 15.1. The van der Waals surface area contributed by atoms with Crippen LogP contribution < -0.4 is 0 Å². The lowest BCUT2D eigenvalue weighted by molar-refractivity contribution is -0.151. The second kappa shape index (κ2) is 17.3. The Morgan fingerprint density at radius 2 is 1.61 bits per heavy atom. The molecule has 1 atom stereocenters. The van der Waals surface area contributed by atoms with Gasteiger partial charge in [0.05, 0.1) is 6.61 Å². The third-order valence-corrected chi connectivity index (χ3v) is 3.77. The summed E-state index contributed by atoms with van der Waals surface area (Å²) in [7, 11) is 0. The lowest BCUT2D eigenvalue weighted by Gasteiger charge is -2.12. The minimum absolute atomic E-state index is 0.0792. The highest BCUT2D eigenvalue weighted by molar-refractivity contribution is 5.69. The summed E-state index contributed by atoms with van der Waals surface area (Å²) >= 11 is 0. The summed E-state index contributed by atoms with van der Waals surface area (Å²) in [5, 5.41) is 8.97. The van der Waals surface area contributed by atoms with Crippen LogP contribution in [0.15, 0.2) is 24.3 Å². The van der Waals surface area contributed by atoms with Crippen molar-refractivity contribution in [1.29, 1.82) is 0 Å². The van der Waals surface area contributed by atoms with Crippen molar-refractivity contribution in [3.05, 3.63) is 24.3 Å². The zero-order valence-electron chi connectivity index (χ0n) is 15.1. The number of allylic oxidation sites excluding steroid dienone is 4. The lowest BCUT2D eigenvalue weighted by atomic mass is 10.1. The van der Waals surface area contributed by atoms with Gasteiger partial charge in [0.1, 0.15) is 6.10 Å². The molecule has 0 heterocycles. The molecule has 1 N–H and O–H groups in total. The maximum absolute atomic E-state index is 11.5. The number of carbonyl (C=O) groups is 1. The molecule has 0 aliphatic heterocycles. The predicted octanol–water partition coefficient (Wildman–Crippen LogP) is 5.33. The van der Waals surface area contributed by atoms with E-state index in [2.05, 4.69) is 31.2 Å². The Morgan fingerprint density at radius 3 is 2.26 bits per heavy atom. The van der Waals surface area contributed by atoms with E-state index in [9.17, 15) is 4.79 Å². The van der Waals surface area contributed by atoms with Crippen LogP contribution in [0.4, 0.5) is 0 Å². The second-order valence-electron chi connectivity index (χ2n) is 5.98. The van der Waals surface area contributed by atoms with Crippen molar-refractivity contribution in [2.75, 3.05) is 6.61 Å². The first kappa shape index (κ1) is 21.9. The molecular formula is C20H36O3. The molecule has 0 aromatic carbocycles. The monoisotopic (exact) mass is 324 g/mol. The minimum atomic E-state index is -0.328. The number of ether oxygens (including phenoxy) is 1. The molecule has 0 saturated heterocycles. The van der Waals surface area contributed by atoms with Crippen LogP contribution in [0.1, 0.15) is 84.5 Å². The molecule has 0 bridgehead atoms. The van der Waals surface area contributed by atoms with Gasteiger partial charge in [0, 0.05) is 6.42 Å². The Balaban J connectivity index is 3.36. The van der Waals surface area contributed by atoms with E-state index in [4.69, 9.17) is 9.84 Å². The first-order valence-corrected chi connectivity index (χ1v) is 9.34. The quantitative estimate of drug-likeness (QED) is 0.251. The van der Waals surface area contributed by atoms with E-state index in [1.807, 2.05) is 6.92 Å². The summed E-state index contributed by atoms with van der Waals surface area (Å²) in [6.45, 7) is 4.02. The summed E-state index contributed by atoms with van der Waals surface area (Å²) in [5.41, 5.74) is 0. The molecule has 0 spiro atoms. The van der Waals surface area contributed by atoms with Crippen LogP contribution in [0, 0.1) is 0 Å². The number of hydrogen-bond acceptors (Lipinski definition) is 3. The van der Waals surface area contributed by atoms with Crippen molar-refractivity contribution in [2.45, 2.75) is 90.6 Å². The molecule has 3 nitrogen and oxygen atoms in total. The van der Waals surface area contributed by atoms with Gasteiger partial charge in [-0.3, -0.25) is 4.79 Å². The van der Waals surface area contributed by atoms with E-state index in [0.29, 0.717) is 12.8 Å². The highest BCUT2D eigenvalue weighted by Gasteiger charge is 2.10. The second-order valence-corrected chi connectivity index (χ2v) is 5.98. The molecule has 0 aromatic rings. The molecule has 134 valence electrons. The van der Waals surface area contributed by atoms with Gasteiger partial charge in [0.25, 0.3) is 0 Å². The Hall–Kier alpha value is -1.09. The standard InChI is InChI=1S/C20H36O3/c1-3-5-6-7-8-9-10-11-12-13-14-15-16-17-20(22)23-19(4-2)18-21/h6-7,9-10,19,21H,3-5,8,11-18H2,1-2H3/b7-6-,10-9-. The van der Waals surface area contributed by atoms with Crippen molar-refractivity contribution in [1.82, 2.24) is 0 Å². The van der Waals surface area contributed by atoms with E-state index >= 15 is 0 Å². The highest BCUT2D eigenvalue weighted by atomic mass is 16.5. The fourth-order valence-electron chi connectivity index (χ4n) is 2.23. The molecule has 0 amide bonds. The smallest absolute Gasteiger partial charge is 0.306 e. The van der Waals surface area contributed by atoms with E-state index in [1.54, 1.807) is 0 Å². The number of unbranched alkanes of at least 4 members (excludes halogenated alkanes) is 6. The number of hydrogen-bond donors (Lipinski definition) is 1. The molecule has 0 aliphatic carbocycles. The molecule has 0 fully saturated rings. The van der Waals surface area contributed by atoms with Crippen LogP contribution >= 0.6 is 0 Å². The average Bonchev–Trinajstić information content (AvgIpc) is 2.56. The maximum Gasteiger partial charge on any atom is 0.306 e. The molecule has 1 unspecified atom stereocenters. The lowest BCUT2D eigenvalue weighted by Crippen LogP contribution is -2.20. The van der Waals surface area contributed by atoms with E-state index < -0.39 is 0 Å². The van der Waals surface area contributed by atoms with Crippen molar-refractivity contribution in [2.24, 2.45) is 0 Å². The van der Waals surface area contributed by atoms with E-state index in [0.717, 1.165) is 25.7 Å². The van der Waals surface area contributed by atoms with Crippen LogP contribution in [0.5, 0.6) is 0 Å². The number of esters is 1. The van der Waals surface area contributed by atoms with Gasteiger partial charge in [-0.05, 0) is 38.5 Å². The van der Waals surface area contributed by atoms with Gasteiger partial charge < -0.3 is 9.84 Å². The largest absolute Gasteiger partial charge is 0.460 e. The van der Waals surface area contributed by atoms with Gasteiger partial charge in [-0.2, -0.15) is 0 Å². The van der Waals surface area contributed by atoms with Crippen LogP contribution in [-0.4, -0.2) is 23.8 Å². The molecule has 0 radical (unpaired) electrons. The molecule has 0 aromatic heterocycles. The van der Waals surface area contributed by atoms with Gasteiger partial charge >= 0.3 is 5.97 Å². The fourth-order valence-corrected chi connectivity index (χ4v) is 2.23. The van der Waals surface area contributed by atoms with Crippen LogP contribution in [-0.2, 0) is 9.53 Å². The van der Waals surface area contributed by atoms with Crippen molar-refractivity contribution < 1.29 is 14.6 Å². The number of aliphatic hydroxyl groups excluding tert-OH is 1. The molecule has 3 heteroatoms. The van der Waals surface area contributed by atoms with Crippen LogP contribution in [0.2, 0.25) is 0 Å². The SMILES string of the molecule is CCC/C=C\C/C=C\CCCCCCCC(=O)OC(CC)CO. The molecule has 23 heavy (non-hydrogen) atoms. The fraction of sp³-hybridized carbons (Fsp3) is 0.750. The van der Waals surface area contributed by atoms with Crippen LogP contribution in [0.25, 0.3) is 0 Å². The summed E-state index contributed by atoms with van der Waals surface area (Å²) in [6, 6.07) is 0. The van der Waals surface area contributed by atoms with Gasteiger partial charge in [-0.1, -0.05) is 63.8 Å². The highest BCUT2D eigenvalue weighted by Crippen LogP contribution is 2.09. The molecular weight excluding hydrogens is 288 g/mol. The average molecular weight is 325 g/mol. The molecule has 0 saturated carbocycles. The normalized spacial score (nSPS) is 13.0. The Morgan fingerprint density at radius 1 is 0.957 bits per heavy atom. The third-order valence-electron chi connectivity index (χ3n) is 3.77. The summed E-state index contributed by atoms with van der Waals surface area (Å²) in [4.78, 5) is 11.5.